The largest absolute Gasteiger partial charge is 0.416 e. The van der Waals surface area contributed by atoms with E-state index >= 15 is 0 Å². The molecule has 3 heterocycles. The van der Waals surface area contributed by atoms with Gasteiger partial charge in [0.25, 0.3) is 5.91 Å². The van der Waals surface area contributed by atoms with E-state index in [-0.39, 0.29) is 17.5 Å². The van der Waals surface area contributed by atoms with Gasteiger partial charge in [-0.3, -0.25) is 14.5 Å². The van der Waals surface area contributed by atoms with E-state index in [1.54, 1.807) is 10.9 Å². The molecule has 0 bridgehead atoms. The maximum atomic E-state index is 13.4. The number of hydrogen-bond acceptors (Lipinski definition) is 4. The van der Waals surface area contributed by atoms with Crippen LogP contribution in [0, 0.1) is 20.8 Å². The number of rotatable bonds is 4. The van der Waals surface area contributed by atoms with E-state index in [2.05, 4.69) is 15.4 Å². The summed E-state index contributed by atoms with van der Waals surface area (Å²) in [7, 11) is 0. The van der Waals surface area contributed by atoms with Gasteiger partial charge >= 0.3 is 6.18 Å². The van der Waals surface area contributed by atoms with Gasteiger partial charge in [0, 0.05) is 30.2 Å². The average molecular weight is 443 g/mol. The number of nitrogens with one attached hydrogen (secondary N) is 1. The van der Waals surface area contributed by atoms with E-state index in [0.717, 1.165) is 23.0 Å². The molecule has 0 saturated heterocycles. The highest BCUT2D eigenvalue weighted by atomic mass is 19.4. The standard InChI is InChI=1S/C23H24F3N5O/c1-13-7-18(5-6-19(13)23(24,25)26)30-12-16(4)31-21(22(30)32)20(11-28-31)27-10-17-8-14(2)29-15(3)9-17/h5-9,11,16,27H,10,12H2,1-4H3. The van der Waals surface area contributed by atoms with Gasteiger partial charge in [0.15, 0.2) is 0 Å². The second kappa shape index (κ2) is 7.96. The fourth-order valence-corrected chi connectivity index (χ4v) is 4.17. The first-order valence-corrected chi connectivity index (χ1v) is 10.3. The van der Waals surface area contributed by atoms with Crippen LogP contribution in [-0.4, -0.2) is 27.2 Å². The van der Waals surface area contributed by atoms with Crippen molar-refractivity contribution in [2.75, 3.05) is 16.8 Å². The normalized spacial score (nSPS) is 16.3. The summed E-state index contributed by atoms with van der Waals surface area (Å²) in [6.45, 7) is 7.98. The molecule has 2 aromatic heterocycles. The van der Waals surface area contributed by atoms with Crippen LogP contribution in [0.4, 0.5) is 24.5 Å². The number of pyridine rings is 1. The van der Waals surface area contributed by atoms with Crippen molar-refractivity contribution < 1.29 is 18.0 Å². The Hall–Kier alpha value is -3.36. The number of aryl methyl sites for hydroxylation is 3. The SMILES string of the molecule is Cc1cc(CNc2cnn3c2C(=O)N(c2ccc(C(F)(F)F)c(C)c2)CC3C)cc(C)n1. The van der Waals surface area contributed by atoms with Crippen LogP contribution < -0.4 is 10.2 Å². The molecule has 168 valence electrons. The van der Waals surface area contributed by atoms with E-state index in [0.29, 0.717) is 30.2 Å². The predicted octanol–water partition coefficient (Wildman–Crippen LogP) is 5.06. The van der Waals surface area contributed by atoms with Crippen LogP contribution in [0.15, 0.2) is 36.5 Å². The monoisotopic (exact) mass is 443 g/mol. The molecular weight excluding hydrogens is 419 g/mol. The lowest BCUT2D eigenvalue weighted by Crippen LogP contribution is -2.43. The highest BCUT2D eigenvalue weighted by Crippen LogP contribution is 2.35. The smallest absolute Gasteiger partial charge is 0.378 e. The number of fused-ring (bicyclic) bond motifs is 1. The fraction of sp³-hybridized carbons (Fsp3) is 0.348. The van der Waals surface area contributed by atoms with Crippen LogP contribution in [0.25, 0.3) is 0 Å². The minimum atomic E-state index is -4.43. The molecular formula is C23H24F3N5O. The van der Waals surface area contributed by atoms with Gasteiger partial charge in [0.1, 0.15) is 5.69 Å². The first-order valence-electron chi connectivity index (χ1n) is 10.3. The highest BCUT2D eigenvalue weighted by molar-refractivity contribution is 6.09. The Morgan fingerprint density at radius 1 is 1.12 bits per heavy atom. The third-order valence-corrected chi connectivity index (χ3v) is 5.56. The van der Waals surface area contributed by atoms with Crippen molar-refractivity contribution >= 4 is 17.3 Å². The van der Waals surface area contributed by atoms with Gasteiger partial charge in [-0.15, -0.1) is 0 Å². The molecule has 4 rings (SSSR count). The topological polar surface area (TPSA) is 63.1 Å². The van der Waals surface area contributed by atoms with Gasteiger partial charge in [-0.2, -0.15) is 18.3 Å². The molecule has 1 amide bonds. The summed E-state index contributed by atoms with van der Waals surface area (Å²) in [5, 5.41) is 7.65. The van der Waals surface area contributed by atoms with Gasteiger partial charge < -0.3 is 10.2 Å². The maximum Gasteiger partial charge on any atom is 0.416 e. The third-order valence-electron chi connectivity index (χ3n) is 5.56. The number of alkyl halides is 3. The Kier molecular flexibility index (Phi) is 5.44. The Labute approximate surface area is 184 Å². The Bertz CT molecular complexity index is 1160. The number of hydrogen-bond donors (Lipinski definition) is 1. The summed E-state index contributed by atoms with van der Waals surface area (Å²) in [5.41, 5.74) is 3.64. The lowest BCUT2D eigenvalue weighted by Gasteiger charge is -2.32. The number of nitrogens with zero attached hydrogens (tertiary/aromatic N) is 4. The van der Waals surface area contributed by atoms with Gasteiger partial charge in [-0.05, 0) is 69.2 Å². The van der Waals surface area contributed by atoms with Crippen molar-refractivity contribution in [2.24, 2.45) is 0 Å². The number of carbonyl (C=O) groups excluding carboxylic acids is 1. The second-order valence-corrected chi connectivity index (χ2v) is 8.22. The van der Waals surface area contributed by atoms with Crippen LogP contribution in [0.2, 0.25) is 0 Å². The molecule has 0 radical (unpaired) electrons. The summed E-state index contributed by atoms with van der Waals surface area (Å²) < 4.78 is 41.1. The quantitative estimate of drug-likeness (QED) is 0.613. The number of anilines is 2. The first kappa shape index (κ1) is 21.9. The van der Waals surface area contributed by atoms with Gasteiger partial charge in [0.2, 0.25) is 0 Å². The second-order valence-electron chi connectivity index (χ2n) is 8.22. The van der Waals surface area contributed by atoms with Crippen LogP contribution >= 0.6 is 0 Å². The van der Waals surface area contributed by atoms with Gasteiger partial charge in [-0.1, -0.05) is 0 Å². The predicted molar refractivity (Wildman–Crippen MR) is 116 cm³/mol. The fourth-order valence-electron chi connectivity index (χ4n) is 4.17. The Balaban J connectivity index is 1.62. The number of amides is 1. The lowest BCUT2D eigenvalue weighted by molar-refractivity contribution is -0.138. The number of carbonyl (C=O) groups is 1. The van der Waals surface area contributed by atoms with Gasteiger partial charge in [-0.25, -0.2) is 0 Å². The molecule has 0 saturated carbocycles. The molecule has 0 fully saturated rings. The molecule has 1 aromatic carbocycles. The van der Waals surface area contributed by atoms with E-state index in [1.807, 2.05) is 32.9 Å². The molecule has 1 atom stereocenters. The molecule has 0 aliphatic carbocycles. The molecule has 3 aromatic rings. The first-order chi connectivity index (χ1) is 15.0. The van der Waals surface area contributed by atoms with Crippen molar-refractivity contribution in [1.82, 2.24) is 14.8 Å². The number of aromatic nitrogens is 3. The molecule has 0 spiro atoms. The van der Waals surface area contributed by atoms with Crippen LogP contribution in [-0.2, 0) is 12.7 Å². The summed E-state index contributed by atoms with van der Waals surface area (Å²) in [6, 6.07) is 7.60. The van der Waals surface area contributed by atoms with Crippen LogP contribution in [0.3, 0.4) is 0 Å². The van der Waals surface area contributed by atoms with Crippen LogP contribution in [0.1, 0.15) is 51.5 Å². The zero-order valence-corrected chi connectivity index (χ0v) is 18.3. The van der Waals surface area contributed by atoms with E-state index < -0.39 is 11.7 Å². The highest BCUT2D eigenvalue weighted by Gasteiger charge is 2.35. The maximum absolute atomic E-state index is 13.4. The third kappa shape index (κ3) is 4.06. The molecule has 1 aliphatic rings. The van der Waals surface area contributed by atoms with E-state index in [4.69, 9.17) is 0 Å². The molecule has 1 aliphatic heterocycles. The summed E-state index contributed by atoms with van der Waals surface area (Å²) >= 11 is 0. The lowest BCUT2D eigenvalue weighted by atomic mass is 10.1. The molecule has 32 heavy (non-hydrogen) atoms. The van der Waals surface area contributed by atoms with E-state index in [9.17, 15) is 18.0 Å². The van der Waals surface area contributed by atoms with Crippen molar-refractivity contribution in [3.63, 3.8) is 0 Å². The molecule has 9 heteroatoms. The van der Waals surface area contributed by atoms with Crippen LogP contribution in [0.5, 0.6) is 0 Å². The van der Waals surface area contributed by atoms with Crippen molar-refractivity contribution in [3.8, 4) is 0 Å². The Morgan fingerprint density at radius 2 is 1.81 bits per heavy atom. The number of halogens is 3. The molecule has 6 nitrogen and oxygen atoms in total. The van der Waals surface area contributed by atoms with Crippen molar-refractivity contribution in [2.45, 2.75) is 46.5 Å². The van der Waals surface area contributed by atoms with Crippen molar-refractivity contribution in [1.29, 1.82) is 0 Å². The summed E-state index contributed by atoms with van der Waals surface area (Å²) in [6.07, 6.45) is -2.81. The minimum Gasteiger partial charge on any atom is -0.378 e. The summed E-state index contributed by atoms with van der Waals surface area (Å²) in [5.74, 6) is -0.302. The zero-order valence-electron chi connectivity index (χ0n) is 18.3. The van der Waals surface area contributed by atoms with Crippen molar-refractivity contribution in [3.05, 3.63) is 70.3 Å². The minimum absolute atomic E-state index is 0.0799. The van der Waals surface area contributed by atoms with Gasteiger partial charge in [0.05, 0.1) is 23.5 Å². The average Bonchev–Trinajstić information content (AvgIpc) is 3.12. The van der Waals surface area contributed by atoms with E-state index in [1.165, 1.54) is 24.0 Å². The number of benzene rings is 1. The Morgan fingerprint density at radius 3 is 2.44 bits per heavy atom. The zero-order chi connectivity index (χ0) is 23.2. The molecule has 1 unspecified atom stereocenters. The summed E-state index contributed by atoms with van der Waals surface area (Å²) in [4.78, 5) is 19.2. The molecule has 1 N–H and O–H groups in total.